The third-order valence-electron chi connectivity index (χ3n) is 5.35. The number of amides is 1. The molecule has 1 aromatic carbocycles. The van der Waals surface area contributed by atoms with Crippen molar-refractivity contribution in [2.75, 3.05) is 40.0 Å². The van der Waals surface area contributed by atoms with Crippen molar-refractivity contribution in [1.29, 1.82) is 0 Å². The van der Waals surface area contributed by atoms with E-state index < -0.39 is 0 Å². The van der Waals surface area contributed by atoms with Crippen LogP contribution >= 0.6 is 35.6 Å². The lowest BCUT2D eigenvalue weighted by atomic mass is 9.88. The van der Waals surface area contributed by atoms with Crippen molar-refractivity contribution in [3.05, 3.63) is 28.2 Å². The third-order valence-corrected chi connectivity index (χ3v) is 6.09. The summed E-state index contributed by atoms with van der Waals surface area (Å²) < 4.78 is 11.1. The molecule has 3 rings (SSSR count). The van der Waals surface area contributed by atoms with E-state index in [9.17, 15) is 4.79 Å². The van der Waals surface area contributed by atoms with Crippen LogP contribution in [0.1, 0.15) is 25.7 Å². The Morgan fingerprint density at radius 1 is 1.22 bits per heavy atom. The summed E-state index contributed by atoms with van der Waals surface area (Å²) in [5, 5.41) is 0.891. The van der Waals surface area contributed by atoms with Crippen LogP contribution in [-0.4, -0.2) is 67.7 Å². The van der Waals surface area contributed by atoms with Crippen LogP contribution in [0.25, 0.3) is 0 Å². The van der Waals surface area contributed by atoms with Crippen molar-refractivity contribution in [3.63, 3.8) is 0 Å². The summed E-state index contributed by atoms with van der Waals surface area (Å²) in [5.74, 6) is 0.538. The maximum atomic E-state index is 12.7. The second-order valence-corrected chi connectivity index (χ2v) is 7.75. The van der Waals surface area contributed by atoms with Crippen molar-refractivity contribution in [2.45, 2.75) is 37.8 Å². The van der Waals surface area contributed by atoms with Crippen molar-refractivity contribution >= 4 is 41.5 Å². The molecule has 152 valence electrons. The Balaban J connectivity index is 0.00000261. The maximum Gasteiger partial charge on any atom is 0.260 e. The monoisotopic (exact) mass is 436 g/mol. The largest absolute Gasteiger partial charge is 0.484 e. The van der Waals surface area contributed by atoms with Gasteiger partial charge >= 0.3 is 0 Å². The number of hydrogen-bond donors (Lipinski definition) is 0. The van der Waals surface area contributed by atoms with Gasteiger partial charge < -0.3 is 14.4 Å². The summed E-state index contributed by atoms with van der Waals surface area (Å²) >= 11 is 11.9. The van der Waals surface area contributed by atoms with Gasteiger partial charge in [-0.1, -0.05) is 36.0 Å². The molecule has 1 aliphatic carbocycles. The number of nitrogens with zero attached hydrogens (tertiary/aromatic N) is 2. The number of halogens is 3. The van der Waals surface area contributed by atoms with Gasteiger partial charge in [-0.05, 0) is 25.0 Å². The standard InChI is InChI=1S/C19H26Cl2N2O3.ClH/c1-22(19(24)13-26-14-6-7-15(20)16(21)12-14)17-4-2-3-5-18(17)23-8-10-25-11-9-23;/h6-7,12,17-18H,2-5,8-11,13H2,1H3;1H/t17-,18-;/m1./s1. The highest BCUT2D eigenvalue weighted by Gasteiger charge is 2.35. The van der Waals surface area contributed by atoms with E-state index in [0.29, 0.717) is 21.8 Å². The molecule has 2 atom stereocenters. The molecule has 5 nitrogen and oxygen atoms in total. The van der Waals surface area contributed by atoms with Gasteiger partial charge in [0.25, 0.3) is 5.91 Å². The Kier molecular flexibility index (Phi) is 8.96. The zero-order valence-electron chi connectivity index (χ0n) is 15.5. The second kappa shape index (κ2) is 10.7. The molecule has 8 heteroatoms. The second-order valence-electron chi connectivity index (χ2n) is 6.94. The minimum atomic E-state index is -0.0127. The number of hydrogen-bond acceptors (Lipinski definition) is 4. The fourth-order valence-corrected chi connectivity index (χ4v) is 4.17. The predicted octanol–water partition coefficient (Wildman–Crippen LogP) is 3.90. The van der Waals surface area contributed by atoms with E-state index >= 15 is 0 Å². The molecule has 0 unspecified atom stereocenters. The summed E-state index contributed by atoms with van der Waals surface area (Å²) in [7, 11) is 1.89. The Bertz CT molecular complexity index is 626. The minimum Gasteiger partial charge on any atom is -0.484 e. The molecule has 0 spiro atoms. The number of carbonyl (C=O) groups is 1. The lowest BCUT2D eigenvalue weighted by molar-refractivity contribution is -0.137. The quantitative estimate of drug-likeness (QED) is 0.701. The molecule has 0 N–H and O–H groups in total. The molecule has 1 heterocycles. The highest BCUT2D eigenvalue weighted by molar-refractivity contribution is 6.42. The normalized spacial score (nSPS) is 23.4. The topological polar surface area (TPSA) is 42.0 Å². The summed E-state index contributed by atoms with van der Waals surface area (Å²) in [6.07, 6.45) is 4.56. The highest BCUT2D eigenvalue weighted by Crippen LogP contribution is 2.28. The first kappa shape index (κ1) is 22.6. The Labute approximate surface area is 177 Å². The first-order valence-electron chi connectivity index (χ1n) is 9.21. The number of benzene rings is 1. The van der Waals surface area contributed by atoms with Crippen molar-refractivity contribution < 1.29 is 14.3 Å². The van der Waals surface area contributed by atoms with Crippen LogP contribution in [0.15, 0.2) is 18.2 Å². The number of ether oxygens (including phenoxy) is 2. The van der Waals surface area contributed by atoms with E-state index in [1.807, 2.05) is 11.9 Å². The van der Waals surface area contributed by atoms with E-state index in [4.69, 9.17) is 32.7 Å². The SMILES string of the molecule is CN(C(=O)COc1ccc(Cl)c(Cl)c1)[C@@H]1CCCC[C@H]1N1CCOCC1.Cl. The zero-order chi connectivity index (χ0) is 18.5. The lowest BCUT2D eigenvalue weighted by Crippen LogP contribution is -2.56. The number of morpholine rings is 1. The van der Waals surface area contributed by atoms with Gasteiger partial charge in [-0.2, -0.15) is 0 Å². The highest BCUT2D eigenvalue weighted by atomic mass is 35.5. The molecular formula is C19H27Cl3N2O3. The fourth-order valence-electron chi connectivity index (χ4n) is 3.88. The van der Waals surface area contributed by atoms with Crippen LogP contribution < -0.4 is 4.74 Å². The van der Waals surface area contributed by atoms with Crippen LogP contribution in [0.4, 0.5) is 0 Å². The predicted molar refractivity (Wildman–Crippen MR) is 110 cm³/mol. The van der Waals surface area contributed by atoms with E-state index in [1.54, 1.807) is 18.2 Å². The minimum absolute atomic E-state index is 0. The summed E-state index contributed by atoms with van der Waals surface area (Å²) in [6.45, 7) is 3.45. The number of rotatable bonds is 5. The molecule has 1 aliphatic heterocycles. The van der Waals surface area contributed by atoms with E-state index in [-0.39, 0.29) is 31.0 Å². The molecule has 2 fully saturated rings. The molecule has 2 aliphatic rings. The first-order valence-corrected chi connectivity index (χ1v) is 9.97. The van der Waals surface area contributed by atoms with E-state index in [1.165, 1.54) is 6.42 Å². The van der Waals surface area contributed by atoms with Crippen molar-refractivity contribution in [2.24, 2.45) is 0 Å². The lowest BCUT2D eigenvalue weighted by Gasteiger charge is -2.45. The summed E-state index contributed by atoms with van der Waals surface area (Å²) in [4.78, 5) is 17.0. The van der Waals surface area contributed by atoms with Gasteiger partial charge in [-0.15, -0.1) is 12.4 Å². The molecule has 0 radical (unpaired) electrons. The molecule has 1 saturated heterocycles. The van der Waals surface area contributed by atoms with Crippen molar-refractivity contribution in [3.8, 4) is 5.75 Å². The average Bonchev–Trinajstić information content (AvgIpc) is 2.68. The number of carbonyl (C=O) groups excluding carboxylic acids is 1. The molecule has 0 aromatic heterocycles. The molecule has 1 saturated carbocycles. The van der Waals surface area contributed by atoms with Crippen LogP contribution in [-0.2, 0) is 9.53 Å². The van der Waals surface area contributed by atoms with Crippen LogP contribution in [0.2, 0.25) is 10.0 Å². The number of likely N-dealkylation sites (N-methyl/N-ethyl adjacent to an activating group) is 1. The zero-order valence-corrected chi connectivity index (χ0v) is 17.9. The van der Waals surface area contributed by atoms with Gasteiger partial charge in [0.15, 0.2) is 6.61 Å². The van der Waals surface area contributed by atoms with Gasteiger partial charge in [-0.3, -0.25) is 9.69 Å². The summed E-state index contributed by atoms with van der Waals surface area (Å²) in [5.41, 5.74) is 0. The van der Waals surface area contributed by atoms with Gasteiger partial charge in [0, 0.05) is 38.3 Å². The maximum absolute atomic E-state index is 12.7. The van der Waals surface area contributed by atoms with Gasteiger partial charge in [0.2, 0.25) is 0 Å². The molecular weight excluding hydrogens is 411 g/mol. The van der Waals surface area contributed by atoms with Crippen LogP contribution in [0, 0.1) is 0 Å². The Morgan fingerprint density at radius 2 is 1.93 bits per heavy atom. The van der Waals surface area contributed by atoms with Crippen LogP contribution in [0.3, 0.4) is 0 Å². The fraction of sp³-hybridized carbons (Fsp3) is 0.632. The summed E-state index contributed by atoms with van der Waals surface area (Å²) in [6, 6.07) is 5.66. The average molecular weight is 438 g/mol. The van der Waals surface area contributed by atoms with E-state index in [2.05, 4.69) is 4.90 Å². The molecule has 27 heavy (non-hydrogen) atoms. The molecule has 1 amide bonds. The molecule has 0 bridgehead atoms. The van der Waals surface area contributed by atoms with Gasteiger partial charge in [0.1, 0.15) is 5.75 Å². The van der Waals surface area contributed by atoms with E-state index in [0.717, 1.165) is 45.6 Å². The van der Waals surface area contributed by atoms with Crippen molar-refractivity contribution in [1.82, 2.24) is 9.80 Å². The molecule has 1 aromatic rings. The van der Waals surface area contributed by atoms with Gasteiger partial charge in [-0.25, -0.2) is 0 Å². The van der Waals surface area contributed by atoms with Crippen LogP contribution in [0.5, 0.6) is 5.75 Å². The third kappa shape index (κ3) is 5.88. The smallest absolute Gasteiger partial charge is 0.260 e. The first-order chi connectivity index (χ1) is 12.6. The Hall–Kier alpha value is -0.720. The Morgan fingerprint density at radius 3 is 2.63 bits per heavy atom. The van der Waals surface area contributed by atoms with Gasteiger partial charge in [0.05, 0.1) is 23.3 Å².